The Bertz CT molecular complexity index is 960. The number of aromatic nitrogens is 2. The largest absolute Gasteiger partial charge is 0.467 e. The fourth-order valence-corrected chi connectivity index (χ4v) is 3.55. The van der Waals surface area contributed by atoms with Crippen LogP contribution in [0, 0.1) is 0 Å². The molecule has 2 aromatic heterocycles. The number of furan rings is 1. The number of nitrogens with one attached hydrogen (secondary N) is 1. The molecule has 25 heavy (non-hydrogen) atoms. The van der Waals surface area contributed by atoms with Crippen LogP contribution in [0.3, 0.4) is 0 Å². The van der Waals surface area contributed by atoms with E-state index in [0.717, 1.165) is 23.9 Å². The van der Waals surface area contributed by atoms with Crippen molar-refractivity contribution in [3.05, 3.63) is 58.4 Å². The minimum atomic E-state index is -0.0894. The van der Waals surface area contributed by atoms with Gasteiger partial charge in [0.05, 0.1) is 23.1 Å². The number of carbonyl (C=O) groups excluding carboxylic acids is 1. The van der Waals surface area contributed by atoms with Crippen molar-refractivity contribution < 1.29 is 9.21 Å². The maximum atomic E-state index is 12.6. The molecule has 1 aromatic carbocycles. The number of hydrogen-bond donors (Lipinski definition) is 2. The van der Waals surface area contributed by atoms with Gasteiger partial charge in [-0.25, -0.2) is 4.79 Å². The van der Waals surface area contributed by atoms with Crippen LogP contribution in [-0.2, 0) is 6.54 Å². The molecule has 1 aliphatic heterocycles. The Labute approximate surface area is 144 Å². The number of nitrogens with two attached hydrogens (primary N) is 1. The van der Waals surface area contributed by atoms with Gasteiger partial charge in [0.2, 0.25) is 0 Å². The summed E-state index contributed by atoms with van der Waals surface area (Å²) in [5.41, 5.74) is 7.72. The van der Waals surface area contributed by atoms with Gasteiger partial charge in [-0.2, -0.15) is 0 Å². The van der Waals surface area contributed by atoms with Crippen LogP contribution in [0.15, 0.2) is 45.8 Å². The Morgan fingerprint density at radius 1 is 1.28 bits per heavy atom. The van der Waals surface area contributed by atoms with Crippen LogP contribution in [0.4, 0.5) is 0 Å². The molecule has 0 spiro atoms. The third kappa shape index (κ3) is 2.76. The number of H-pyrrole nitrogens is 1. The molecular formula is C18H20N4O3. The molecule has 3 aromatic rings. The summed E-state index contributed by atoms with van der Waals surface area (Å²) < 4.78 is 7.07. The summed E-state index contributed by atoms with van der Waals surface area (Å²) in [4.78, 5) is 29.6. The van der Waals surface area contributed by atoms with Crippen molar-refractivity contribution >= 4 is 16.9 Å². The predicted octanol–water partition coefficient (Wildman–Crippen LogP) is 1.86. The number of nitrogens with zero attached hydrogens (tertiary/aromatic N) is 2. The number of fused-ring (bicyclic) bond motifs is 1. The van der Waals surface area contributed by atoms with Crippen molar-refractivity contribution in [2.24, 2.45) is 5.73 Å². The Morgan fingerprint density at radius 3 is 2.76 bits per heavy atom. The number of likely N-dealkylation sites (tertiary alicyclic amines) is 1. The standard InChI is InChI=1S/C18H20N4O3/c19-10-14-9-12(11-25-14)17(23)21-7-5-13(6-8-21)22-16-4-2-1-3-15(16)20-18(22)24/h1-4,9,11,13H,5-8,10,19H2,(H,20,24). The lowest BCUT2D eigenvalue weighted by molar-refractivity contribution is 0.0694. The molecule has 4 rings (SSSR count). The molecule has 1 aliphatic rings. The van der Waals surface area contributed by atoms with Gasteiger partial charge in [-0.15, -0.1) is 0 Å². The highest BCUT2D eigenvalue weighted by Crippen LogP contribution is 2.25. The van der Waals surface area contributed by atoms with Crippen LogP contribution in [-0.4, -0.2) is 33.4 Å². The number of benzene rings is 1. The molecule has 7 heteroatoms. The first-order valence-corrected chi connectivity index (χ1v) is 8.43. The van der Waals surface area contributed by atoms with Crippen molar-refractivity contribution in [2.75, 3.05) is 13.1 Å². The fraction of sp³-hybridized carbons (Fsp3) is 0.333. The Balaban J connectivity index is 1.50. The third-order valence-corrected chi connectivity index (χ3v) is 4.84. The molecule has 0 radical (unpaired) electrons. The van der Waals surface area contributed by atoms with E-state index >= 15 is 0 Å². The zero-order valence-electron chi connectivity index (χ0n) is 13.8. The van der Waals surface area contributed by atoms with E-state index in [1.165, 1.54) is 6.26 Å². The number of carbonyl (C=O) groups is 1. The van der Waals surface area contributed by atoms with Crippen LogP contribution >= 0.6 is 0 Å². The van der Waals surface area contributed by atoms with Crippen LogP contribution < -0.4 is 11.4 Å². The molecule has 3 heterocycles. The fourth-order valence-electron chi connectivity index (χ4n) is 3.55. The number of rotatable bonds is 3. The number of imidazole rings is 1. The molecule has 0 aliphatic carbocycles. The Morgan fingerprint density at radius 2 is 2.04 bits per heavy atom. The molecule has 0 unspecified atom stereocenters. The van der Waals surface area contributed by atoms with Gasteiger partial charge in [-0.1, -0.05) is 12.1 Å². The second-order valence-electron chi connectivity index (χ2n) is 6.35. The van der Waals surface area contributed by atoms with Gasteiger partial charge < -0.3 is 20.0 Å². The van der Waals surface area contributed by atoms with Gasteiger partial charge >= 0.3 is 5.69 Å². The third-order valence-electron chi connectivity index (χ3n) is 4.84. The van der Waals surface area contributed by atoms with E-state index in [-0.39, 0.29) is 24.2 Å². The highest BCUT2D eigenvalue weighted by atomic mass is 16.3. The number of para-hydroxylation sites is 2. The van der Waals surface area contributed by atoms with Crippen molar-refractivity contribution in [3.63, 3.8) is 0 Å². The maximum Gasteiger partial charge on any atom is 0.326 e. The van der Waals surface area contributed by atoms with Crippen LogP contribution in [0.5, 0.6) is 0 Å². The number of aromatic amines is 1. The minimum absolute atomic E-state index is 0.0480. The summed E-state index contributed by atoms with van der Waals surface area (Å²) >= 11 is 0. The molecule has 7 nitrogen and oxygen atoms in total. The molecule has 1 fully saturated rings. The van der Waals surface area contributed by atoms with E-state index < -0.39 is 0 Å². The van der Waals surface area contributed by atoms with Gasteiger partial charge in [0, 0.05) is 19.1 Å². The van der Waals surface area contributed by atoms with Gasteiger partial charge in [0.25, 0.3) is 5.91 Å². The van der Waals surface area contributed by atoms with E-state index in [1.807, 2.05) is 33.7 Å². The van der Waals surface area contributed by atoms with Gasteiger partial charge in [0.1, 0.15) is 12.0 Å². The van der Waals surface area contributed by atoms with Crippen LogP contribution in [0.25, 0.3) is 11.0 Å². The average Bonchev–Trinajstić information content (AvgIpc) is 3.25. The molecular weight excluding hydrogens is 320 g/mol. The average molecular weight is 340 g/mol. The lowest BCUT2D eigenvalue weighted by atomic mass is 10.0. The minimum Gasteiger partial charge on any atom is -0.467 e. The van der Waals surface area contributed by atoms with Gasteiger partial charge in [-0.05, 0) is 31.0 Å². The van der Waals surface area contributed by atoms with Crippen molar-refractivity contribution in [2.45, 2.75) is 25.4 Å². The van der Waals surface area contributed by atoms with Gasteiger partial charge in [-0.3, -0.25) is 9.36 Å². The molecule has 130 valence electrons. The zero-order valence-corrected chi connectivity index (χ0v) is 13.8. The lowest BCUT2D eigenvalue weighted by Crippen LogP contribution is -2.40. The number of hydrogen-bond acceptors (Lipinski definition) is 4. The zero-order chi connectivity index (χ0) is 17.4. The number of amides is 1. The lowest BCUT2D eigenvalue weighted by Gasteiger charge is -2.32. The highest BCUT2D eigenvalue weighted by molar-refractivity contribution is 5.94. The molecule has 0 saturated carbocycles. The van der Waals surface area contributed by atoms with Crippen molar-refractivity contribution in [3.8, 4) is 0 Å². The SMILES string of the molecule is NCc1cc(C(=O)N2CCC(n3c(=O)[nH]c4ccccc43)CC2)co1. The van der Waals surface area contributed by atoms with E-state index in [4.69, 9.17) is 10.2 Å². The molecule has 3 N–H and O–H groups in total. The summed E-state index contributed by atoms with van der Waals surface area (Å²) in [5.74, 6) is 0.553. The summed E-state index contributed by atoms with van der Waals surface area (Å²) in [5, 5.41) is 0. The number of piperidine rings is 1. The molecule has 0 bridgehead atoms. The van der Waals surface area contributed by atoms with E-state index in [0.29, 0.717) is 24.4 Å². The first-order chi connectivity index (χ1) is 12.2. The van der Waals surface area contributed by atoms with E-state index in [9.17, 15) is 9.59 Å². The smallest absolute Gasteiger partial charge is 0.326 e. The van der Waals surface area contributed by atoms with E-state index in [2.05, 4.69) is 4.98 Å². The first-order valence-electron chi connectivity index (χ1n) is 8.43. The van der Waals surface area contributed by atoms with Crippen LogP contribution in [0.1, 0.15) is 35.0 Å². The normalized spacial score (nSPS) is 15.8. The monoisotopic (exact) mass is 340 g/mol. The molecule has 1 amide bonds. The summed E-state index contributed by atoms with van der Waals surface area (Å²) in [6, 6.07) is 9.48. The Hall–Kier alpha value is -2.80. The van der Waals surface area contributed by atoms with Crippen LogP contribution in [0.2, 0.25) is 0 Å². The second-order valence-corrected chi connectivity index (χ2v) is 6.35. The molecule has 1 saturated heterocycles. The molecule has 0 atom stereocenters. The van der Waals surface area contributed by atoms with Crippen molar-refractivity contribution in [1.29, 1.82) is 0 Å². The quantitative estimate of drug-likeness (QED) is 0.760. The topological polar surface area (TPSA) is 97.3 Å². The van der Waals surface area contributed by atoms with Gasteiger partial charge in [0.15, 0.2) is 0 Å². The predicted molar refractivity (Wildman–Crippen MR) is 93.3 cm³/mol. The van der Waals surface area contributed by atoms with E-state index in [1.54, 1.807) is 6.07 Å². The maximum absolute atomic E-state index is 12.6. The summed E-state index contributed by atoms with van der Waals surface area (Å²) in [6.07, 6.45) is 2.95. The van der Waals surface area contributed by atoms with Crippen molar-refractivity contribution in [1.82, 2.24) is 14.5 Å². The second kappa shape index (κ2) is 6.25. The Kier molecular flexibility index (Phi) is 3.93. The summed E-state index contributed by atoms with van der Waals surface area (Å²) in [7, 11) is 0. The highest BCUT2D eigenvalue weighted by Gasteiger charge is 2.27. The first kappa shape index (κ1) is 15.7. The summed E-state index contributed by atoms with van der Waals surface area (Å²) in [6.45, 7) is 1.50.